The summed E-state index contributed by atoms with van der Waals surface area (Å²) >= 11 is 0. The van der Waals surface area contributed by atoms with Gasteiger partial charge in [0, 0.05) is 42.1 Å². The molecule has 0 aliphatic rings. The Hall–Kier alpha value is 0.417. The third-order valence-electron chi connectivity index (χ3n) is 0.378. The Morgan fingerprint density at radius 2 is 0.500 bits per heavy atom. The van der Waals surface area contributed by atoms with Crippen molar-refractivity contribution in [2.24, 2.45) is 0 Å². The van der Waals surface area contributed by atoms with Gasteiger partial charge >= 0.3 is 34.8 Å². The minimum Gasteiger partial charge on any atom is -0.512 e. The summed E-state index contributed by atoms with van der Waals surface area (Å²) in [4.78, 5) is 1.69. The Balaban J connectivity index is -0.0000000237. The van der Waals surface area contributed by atoms with Gasteiger partial charge in [-0.3, -0.25) is 0 Å². The minimum atomic E-state index is -3.89. The van der Waals surface area contributed by atoms with E-state index in [-0.39, 0.29) is 42.1 Å². The summed E-state index contributed by atoms with van der Waals surface area (Å²) < 4.78 is 86.6. The Labute approximate surface area is 167 Å². The maximum absolute atomic E-state index is 10.8. The molecule has 0 saturated carbocycles. The predicted molar refractivity (Wildman–Crippen MR) is 68.3 cm³/mol. The summed E-state index contributed by atoms with van der Waals surface area (Å²) in [7, 11) is -15.6. The number of nitrogens with zero attached hydrogens (tertiary/aromatic N) is 4. The smallest absolute Gasteiger partial charge is 0.484 e. The van der Waals surface area contributed by atoms with Crippen LogP contribution in [-0.2, 0) is 42.1 Å². The average molecular weight is 804 g/mol. The molecular weight excluding hydrogens is 798 g/mol. The van der Waals surface area contributed by atoms with Gasteiger partial charge in [-0.25, -0.2) is 0 Å². The average Bonchev–Trinajstić information content (AvgIpc) is 2.45. The van der Waals surface area contributed by atoms with E-state index < -0.39 is 34.8 Å². The van der Waals surface area contributed by atoms with Crippen molar-refractivity contribution < 1.29 is 75.7 Å². The summed E-state index contributed by atoms with van der Waals surface area (Å²) in [6, 6.07) is 0. The first-order valence-electron chi connectivity index (χ1n) is 3.41. The molecule has 0 heterocycles. The van der Waals surface area contributed by atoms with Crippen molar-refractivity contribution in [3.63, 3.8) is 0 Å². The number of rotatable bonds is 4. The van der Waals surface area contributed by atoms with Crippen LogP contribution >= 0.6 is 34.8 Å². The molecule has 0 spiro atoms. The van der Waals surface area contributed by atoms with Crippen LogP contribution in [0.15, 0.2) is 0 Å². The van der Waals surface area contributed by atoms with Gasteiger partial charge in [-0.05, 0) is 33.6 Å². The SMILES string of the molecule is F[PH+](F)N[PH+](F)F.F[PH+](F)N[PH+](F)F.[C-]#N.[C-]#N.[C-]#N.[C-]#N.[Pt].[Pt]. The monoisotopic (exact) mass is 804 g/mol. The Bertz CT molecular complexity index is 220. The van der Waals surface area contributed by atoms with Crippen LogP contribution in [0.1, 0.15) is 0 Å². The second kappa shape index (κ2) is 56.6. The topological polar surface area (TPSA) is 119 Å². The standard InChI is InChI=1S/4CN.2F4HNP2.2Pt/c4*1-2;2*1-6(2)5-7(3)4;;/h;;;;2*5H;;/q4*-1;;;;/p+4. The fraction of sp³-hybridized carbons (Fsp3) is 0. The zero-order valence-electron chi connectivity index (χ0n) is 10.4. The van der Waals surface area contributed by atoms with E-state index in [0.29, 0.717) is 0 Å². The number of nitrogens with one attached hydrogen (secondary N) is 2. The molecule has 0 unspecified atom stereocenters. The first-order valence-corrected chi connectivity index (χ1v) is 8.43. The van der Waals surface area contributed by atoms with Gasteiger partial charge in [0.1, 0.15) is 0 Å². The molecule has 0 radical (unpaired) electrons. The third-order valence-corrected chi connectivity index (χ3v) is 3.40. The molecule has 20 heteroatoms. The molecule has 0 aliphatic heterocycles. The van der Waals surface area contributed by atoms with E-state index in [1.54, 1.807) is 0 Å². The van der Waals surface area contributed by atoms with Crippen LogP contribution in [0.4, 0.5) is 33.6 Å². The zero-order valence-corrected chi connectivity index (χ0v) is 19.0. The number of halogens is 8. The van der Waals surface area contributed by atoms with Gasteiger partial charge in [0.05, 0.1) is 9.72 Å². The van der Waals surface area contributed by atoms with Crippen molar-refractivity contribution in [1.29, 1.82) is 21.0 Å². The van der Waals surface area contributed by atoms with Crippen LogP contribution < -0.4 is 9.72 Å². The maximum atomic E-state index is 10.8. The second-order valence-electron chi connectivity index (χ2n) is 1.29. The fourth-order valence-corrected chi connectivity index (χ4v) is 1.29. The molecule has 2 N–H and O–H groups in total. The minimum absolute atomic E-state index is 0. The number of hydrogen-bond acceptors (Lipinski definition) is 6. The molecule has 0 saturated heterocycles. The predicted octanol–water partition coefficient (Wildman–Crippen LogP) is 5.13. The molecule has 0 amide bonds. The summed E-state index contributed by atoms with van der Waals surface area (Å²) in [6.45, 7) is 19.0. The van der Waals surface area contributed by atoms with Crippen LogP contribution in [0.5, 0.6) is 0 Å². The van der Waals surface area contributed by atoms with Gasteiger partial charge in [0.25, 0.3) is 0 Å². The van der Waals surface area contributed by atoms with Gasteiger partial charge in [-0.15, -0.1) is 0 Å². The first-order chi connectivity index (χ1) is 10.3. The van der Waals surface area contributed by atoms with E-state index in [1.165, 1.54) is 0 Å². The van der Waals surface area contributed by atoms with E-state index in [2.05, 4.69) is 0 Å². The van der Waals surface area contributed by atoms with Gasteiger partial charge in [0.15, 0.2) is 0 Å². The van der Waals surface area contributed by atoms with Crippen molar-refractivity contribution in [2.75, 3.05) is 0 Å². The van der Waals surface area contributed by atoms with E-state index in [9.17, 15) is 33.6 Å². The van der Waals surface area contributed by atoms with Gasteiger partial charge in [-0.2, -0.15) is 0 Å². The normalized spacial score (nSPS) is 6.83. The van der Waals surface area contributed by atoms with Gasteiger partial charge < -0.3 is 47.3 Å². The zero-order chi connectivity index (χ0) is 19.7. The summed E-state index contributed by atoms with van der Waals surface area (Å²) in [5.74, 6) is 0. The molecule has 6 nitrogen and oxygen atoms in total. The van der Waals surface area contributed by atoms with Crippen LogP contribution in [0.2, 0.25) is 0 Å². The van der Waals surface area contributed by atoms with Gasteiger partial charge in [-0.1, -0.05) is 0 Å². The fourth-order valence-electron chi connectivity index (χ4n) is 0.143. The molecule has 0 rings (SSSR count). The largest absolute Gasteiger partial charge is 0.512 e. The van der Waals surface area contributed by atoms with E-state index in [1.807, 2.05) is 0 Å². The van der Waals surface area contributed by atoms with Crippen molar-refractivity contribution in [2.45, 2.75) is 0 Å². The molecule has 0 aliphatic carbocycles. The molecule has 0 aromatic carbocycles. The second-order valence-corrected chi connectivity index (χ2v) is 5.37. The van der Waals surface area contributed by atoms with Crippen molar-refractivity contribution in [3.05, 3.63) is 26.3 Å². The molecule has 0 bridgehead atoms. The van der Waals surface area contributed by atoms with Crippen molar-refractivity contribution >= 4 is 34.8 Å². The molecule has 0 fully saturated rings. The van der Waals surface area contributed by atoms with E-state index in [0.717, 1.165) is 9.72 Å². The molecule has 0 atom stereocenters. The van der Waals surface area contributed by atoms with Crippen molar-refractivity contribution in [1.82, 2.24) is 9.72 Å². The quantitative estimate of drug-likeness (QED) is 0.232. The van der Waals surface area contributed by atoms with E-state index in [4.69, 9.17) is 47.3 Å². The van der Waals surface area contributed by atoms with Crippen LogP contribution in [0.3, 0.4) is 0 Å². The molecule has 148 valence electrons. The Kier molecular flexibility index (Phi) is 117. The van der Waals surface area contributed by atoms with E-state index >= 15 is 0 Å². The Morgan fingerprint density at radius 1 is 0.417 bits per heavy atom. The van der Waals surface area contributed by atoms with Crippen molar-refractivity contribution in [3.8, 4) is 0 Å². The summed E-state index contributed by atoms with van der Waals surface area (Å²) in [6.07, 6.45) is 0. The van der Waals surface area contributed by atoms with Crippen LogP contribution in [0.25, 0.3) is 0 Å². The summed E-state index contributed by atoms with van der Waals surface area (Å²) in [5, 5.41) is 25.0. The first kappa shape index (κ1) is 49.7. The molecule has 0 aromatic heterocycles. The summed E-state index contributed by atoms with van der Waals surface area (Å²) in [5.41, 5.74) is 0. The maximum Gasteiger partial charge on any atom is 0.484 e. The number of hydrogen-bond donors (Lipinski definition) is 2. The third kappa shape index (κ3) is 145. The molecule has 0 aromatic rings. The van der Waals surface area contributed by atoms with Crippen LogP contribution in [0, 0.1) is 47.3 Å². The van der Waals surface area contributed by atoms with Gasteiger partial charge in [0.2, 0.25) is 0 Å². The molecular formula is C4H6F8N6P4Pt2. The van der Waals surface area contributed by atoms with Crippen LogP contribution in [-0.4, -0.2) is 0 Å². The molecule has 24 heavy (non-hydrogen) atoms. The Morgan fingerprint density at radius 3 is 0.500 bits per heavy atom.